The number of carboxylic acid groups (broad SMARTS) is 1. The third-order valence-electron chi connectivity index (χ3n) is 3.62. The summed E-state index contributed by atoms with van der Waals surface area (Å²) < 4.78 is 0. The summed E-state index contributed by atoms with van der Waals surface area (Å²) in [5, 5.41) is 8.75. The summed E-state index contributed by atoms with van der Waals surface area (Å²) in [5.74, 6) is -0.589. The molecule has 0 heterocycles. The van der Waals surface area contributed by atoms with Gasteiger partial charge in [0.2, 0.25) is 0 Å². The van der Waals surface area contributed by atoms with Crippen LogP contribution in [-0.4, -0.2) is 11.1 Å². The first-order valence-electron chi connectivity index (χ1n) is 4.95. The third kappa shape index (κ3) is 1.23. The quantitative estimate of drug-likeness (QED) is 0.653. The Morgan fingerprint density at radius 3 is 2.25 bits per heavy atom. The first kappa shape index (κ1) is 8.09. The highest BCUT2D eigenvalue weighted by Gasteiger charge is 2.47. The molecule has 0 amide bonds. The molecule has 12 heavy (non-hydrogen) atoms. The molecule has 0 atom stereocenters. The van der Waals surface area contributed by atoms with Gasteiger partial charge in [0, 0.05) is 0 Å². The monoisotopic (exact) mass is 168 g/mol. The molecule has 1 N–H and O–H groups in total. The van der Waals surface area contributed by atoms with Gasteiger partial charge in [-0.25, -0.2) is 0 Å². The van der Waals surface area contributed by atoms with Gasteiger partial charge in [-0.3, -0.25) is 4.79 Å². The van der Waals surface area contributed by atoms with E-state index in [-0.39, 0.29) is 5.92 Å². The second-order valence-electron chi connectivity index (χ2n) is 4.50. The minimum atomic E-state index is -0.578. The molecule has 0 bridgehead atoms. The van der Waals surface area contributed by atoms with E-state index in [0.29, 0.717) is 5.41 Å². The van der Waals surface area contributed by atoms with E-state index in [2.05, 4.69) is 0 Å². The second kappa shape index (κ2) is 2.75. The van der Waals surface area contributed by atoms with Crippen LogP contribution in [0.25, 0.3) is 0 Å². The van der Waals surface area contributed by atoms with E-state index in [1.165, 1.54) is 32.1 Å². The largest absolute Gasteiger partial charge is 0.481 e. The van der Waals surface area contributed by atoms with Crippen LogP contribution in [0.2, 0.25) is 0 Å². The fourth-order valence-electron chi connectivity index (χ4n) is 2.87. The van der Waals surface area contributed by atoms with Crippen molar-refractivity contribution in [3.8, 4) is 0 Å². The Morgan fingerprint density at radius 2 is 1.75 bits per heavy atom. The average molecular weight is 168 g/mol. The Morgan fingerprint density at radius 1 is 1.17 bits per heavy atom. The van der Waals surface area contributed by atoms with Crippen LogP contribution in [0.4, 0.5) is 0 Å². The van der Waals surface area contributed by atoms with E-state index in [1.54, 1.807) is 0 Å². The molecule has 2 nitrogen and oxygen atoms in total. The van der Waals surface area contributed by atoms with E-state index in [1.807, 2.05) is 0 Å². The van der Waals surface area contributed by atoms with E-state index < -0.39 is 5.97 Å². The molecule has 2 aliphatic rings. The first-order valence-corrected chi connectivity index (χ1v) is 4.95. The maximum Gasteiger partial charge on any atom is 0.306 e. The van der Waals surface area contributed by atoms with Gasteiger partial charge >= 0.3 is 5.97 Å². The fraction of sp³-hybridized carbons (Fsp3) is 0.900. The van der Waals surface area contributed by atoms with Crippen molar-refractivity contribution in [3.63, 3.8) is 0 Å². The summed E-state index contributed by atoms with van der Waals surface area (Å²) in [7, 11) is 0. The lowest BCUT2D eigenvalue weighted by molar-refractivity contribution is -0.151. The number of carboxylic acids is 1. The topological polar surface area (TPSA) is 37.3 Å². The lowest BCUT2D eigenvalue weighted by Crippen LogP contribution is -2.42. The molecule has 68 valence electrons. The van der Waals surface area contributed by atoms with E-state index in [9.17, 15) is 4.79 Å². The summed E-state index contributed by atoms with van der Waals surface area (Å²) in [5.41, 5.74) is 0.474. The zero-order valence-electron chi connectivity index (χ0n) is 7.38. The van der Waals surface area contributed by atoms with Gasteiger partial charge < -0.3 is 5.11 Å². The molecular formula is C10H16O2. The molecule has 0 aliphatic heterocycles. The predicted molar refractivity (Wildman–Crippen MR) is 45.9 cm³/mol. The lowest BCUT2D eigenvalue weighted by Gasteiger charge is -2.48. The highest BCUT2D eigenvalue weighted by atomic mass is 16.4. The molecule has 0 aromatic carbocycles. The van der Waals surface area contributed by atoms with Gasteiger partial charge in [0.25, 0.3) is 0 Å². The van der Waals surface area contributed by atoms with E-state index >= 15 is 0 Å². The zero-order chi connectivity index (χ0) is 8.60. The molecule has 0 aromatic rings. The molecule has 1 spiro atoms. The Bertz CT molecular complexity index is 184. The van der Waals surface area contributed by atoms with Crippen molar-refractivity contribution in [1.82, 2.24) is 0 Å². The van der Waals surface area contributed by atoms with Crippen molar-refractivity contribution >= 4 is 5.97 Å². The molecule has 0 radical (unpaired) electrons. The van der Waals surface area contributed by atoms with Gasteiger partial charge in [0.05, 0.1) is 5.92 Å². The SMILES string of the molecule is O=C(O)C1CC2(CCCCC2)C1. The highest BCUT2D eigenvalue weighted by molar-refractivity contribution is 5.71. The molecular weight excluding hydrogens is 152 g/mol. The summed E-state index contributed by atoms with van der Waals surface area (Å²) in [6.45, 7) is 0. The number of carbonyl (C=O) groups is 1. The van der Waals surface area contributed by atoms with Crippen molar-refractivity contribution in [2.24, 2.45) is 11.3 Å². The fourth-order valence-corrected chi connectivity index (χ4v) is 2.87. The smallest absolute Gasteiger partial charge is 0.306 e. The third-order valence-corrected chi connectivity index (χ3v) is 3.62. The Balaban J connectivity index is 1.88. The second-order valence-corrected chi connectivity index (χ2v) is 4.50. The molecule has 2 saturated carbocycles. The van der Waals surface area contributed by atoms with Crippen LogP contribution in [0.5, 0.6) is 0 Å². The summed E-state index contributed by atoms with van der Waals surface area (Å²) in [6, 6.07) is 0. The Kier molecular flexibility index (Phi) is 1.85. The van der Waals surface area contributed by atoms with E-state index in [4.69, 9.17) is 5.11 Å². The molecule has 2 aliphatic carbocycles. The van der Waals surface area contributed by atoms with Crippen LogP contribution in [0, 0.1) is 11.3 Å². The number of aliphatic carboxylic acids is 1. The summed E-state index contributed by atoms with van der Waals surface area (Å²) >= 11 is 0. The van der Waals surface area contributed by atoms with Gasteiger partial charge in [-0.05, 0) is 31.1 Å². The maximum absolute atomic E-state index is 10.6. The molecule has 2 rings (SSSR count). The Labute approximate surface area is 73.0 Å². The number of hydrogen-bond donors (Lipinski definition) is 1. The molecule has 2 heteroatoms. The number of hydrogen-bond acceptors (Lipinski definition) is 1. The van der Waals surface area contributed by atoms with E-state index in [0.717, 1.165) is 12.8 Å². The molecule has 0 saturated heterocycles. The van der Waals surface area contributed by atoms with Crippen LogP contribution in [0.3, 0.4) is 0 Å². The minimum absolute atomic E-state index is 0.0110. The van der Waals surface area contributed by atoms with Crippen molar-refractivity contribution < 1.29 is 9.90 Å². The highest BCUT2D eigenvalue weighted by Crippen LogP contribution is 2.54. The first-order chi connectivity index (χ1) is 5.72. The van der Waals surface area contributed by atoms with Crippen LogP contribution in [0.15, 0.2) is 0 Å². The van der Waals surface area contributed by atoms with Gasteiger partial charge in [-0.1, -0.05) is 19.3 Å². The zero-order valence-corrected chi connectivity index (χ0v) is 7.38. The number of rotatable bonds is 1. The predicted octanol–water partition coefficient (Wildman–Crippen LogP) is 2.43. The van der Waals surface area contributed by atoms with Crippen LogP contribution in [0.1, 0.15) is 44.9 Å². The maximum atomic E-state index is 10.6. The van der Waals surface area contributed by atoms with Crippen molar-refractivity contribution in [1.29, 1.82) is 0 Å². The molecule has 0 aromatic heterocycles. The van der Waals surface area contributed by atoms with Gasteiger partial charge in [-0.15, -0.1) is 0 Å². The van der Waals surface area contributed by atoms with Crippen LogP contribution >= 0.6 is 0 Å². The molecule has 0 unspecified atom stereocenters. The van der Waals surface area contributed by atoms with Gasteiger partial charge in [0.15, 0.2) is 0 Å². The minimum Gasteiger partial charge on any atom is -0.481 e. The van der Waals surface area contributed by atoms with Gasteiger partial charge in [0.1, 0.15) is 0 Å². The summed E-state index contributed by atoms with van der Waals surface area (Å²) in [4.78, 5) is 10.6. The van der Waals surface area contributed by atoms with Crippen LogP contribution < -0.4 is 0 Å². The van der Waals surface area contributed by atoms with Crippen molar-refractivity contribution in [2.45, 2.75) is 44.9 Å². The Hall–Kier alpha value is -0.530. The van der Waals surface area contributed by atoms with Gasteiger partial charge in [-0.2, -0.15) is 0 Å². The molecule has 2 fully saturated rings. The van der Waals surface area contributed by atoms with Crippen molar-refractivity contribution in [3.05, 3.63) is 0 Å². The summed E-state index contributed by atoms with van der Waals surface area (Å²) in [6.07, 6.45) is 8.51. The lowest BCUT2D eigenvalue weighted by atomic mass is 9.56. The van der Waals surface area contributed by atoms with Crippen LogP contribution in [-0.2, 0) is 4.79 Å². The van der Waals surface area contributed by atoms with Crippen molar-refractivity contribution in [2.75, 3.05) is 0 Å². The normalized spacial score (nSPS) is 28.3. The average Bonchev–Trinajstić information content (AvgIpc) is 2.01. The standard InChI is InChI=1S/C10H16O2/c11-9(12)8-6-10(7-8)4-2-1-3-5-10/h8H,1-7H2,(H,11,12).